The molecule has 3 N–H and O–H groups in total. The van der Waals surface area contributed by atoms with Gasteiger partial charge in [0.25, 0.3) is 0 Å². The summed E-state index contributed by atoms with van der Waals surface area (Å²) in [5, 5.41) is 18.2. The minimum atomic E-state index is -0.445. The van der Waals surface area contributed by atoms with Crippen molar-refractivity contribution in [3.8, 4) is 5.69 Å². The number of benzene rings is 1. The number of hydrogen-bond acceptors (Lipinski definition) is 3. The van der Waals surface area contributed by atoms with Gasteiger partial charge in [-0.3, -0.25) is 0 Å². The minimum absolute atomic E-state index is 0.0843. The fraction of sp³-hybridized carbons (Fsp3) is 0.333. The first-order valence-electron chi connectivity index (χ1n) is 7.08. The molecular weight excluding hydrogens is 287 g/mol. The van der Waals surface area contributed by atoms with Gasteiger partial charge in [0, 0.05) is 25.0 Å². The monoisotopic (exact) mass is 306 g/mol. The second kappa shape index (κ2) is 7.56. The molecule has 1 aromatic heterocycles. The van der Waals surface area contributed by atoms with Gasteiger partial charge in [-0.1, -0.05) is 0 Å². The molecular formula is C15H19FN4O2. The first-order valence-corrected chi connectivity index (χ1v) is 7.08. The number of halogens is 1. The number of amides is 2. The Morgan fingerprint density at radius 1 is 1.50 bits per heavy atom. The van der Waals surface area contributed by atoms with Crippen molar-refractivity contribution in [3.05, 3.63) is 42.5 Å². The van der Waals surface area contributed by atoms with Gasteiger partial charge in [-0.15, -0.1) is 0 Å². The Bertz CT molecular complexity index is 616. The second-order valence-electron chi connectivity index (χ2n) is 4.98. The third-order valence-corrected chi connectivity index (χ3v) is 3.13. The van der Waals surface area contributed by atoms with Crippen molar-refractivity contribution in [2.45, 2.75) is 25.8 Å². The van der Waals surface area contributed by atoms with Crippen LogP contribution in [0, 0.1) is 5.82 Å². The maximum Gasteiger partial charge on any atom is 0.319 e. The van der Waals surface area contributed by atoms with Crippen LogP contribution in [0.4, 0.5) is 14.9 Å². The molecule has 2 aromatic rings. The largest absolute Gasteiger partial charge is 0.396 e. The van der Waals surface area contributed by atoms with Crippen LogP contribution < -0.4 is 10.6 Å². The van der Waals surface area contributed by atoms with E-state index in [1.165, 1.54) is 12.1 Å². The van der Waals surface area contributed by atoms with Crippen molar-refractivity contribution < 1.29 is 14.3 Å². The number of nitrogens with one attached hydrogen (secondary N) is 2. The van der Waals surface area contributed by atoms with Gasteiger partial charge in [-0.25, -0.2) is 13.9 Å². The molecule has 7 heteroatoms. The van der Waals surface area contributed by atoms with E-state index in [-0.39, 0.29) is 12.6 Å². The summed E-state index contributed by atoms with van der Waals surface area (Å²) in [5.41, 5.74) is 0.903. The predicted molar refractivity (Wildman–Crippen MR) is 81.5 cm³/mol. The Kier molecular flexibility index (Phi) is 5.48. The second-order valence-corrected chi connectivity index (χ2v) is 4.98. The maximum atomic E-state index is 13.4. The zero-order chi connectivity index (χ0) is 15.9. The van der Waals surface area contributed by atoms with E-state index in [0.717, 1.165) is 0 Å². The summed E-state index contributed by atoms with van der Waals surface area (Å²) in [4.78, 5) is 12.0. The van der Waals surface area contributed by atoms with E-state index >= 15 is 0 Å². The normalized spacial score (nSPS) is 12.0. The van der Waals surface area contributed by atoms with Gasteiger partial charge in [0.2, 0.25) is 0 Å². The smallest absolute Gasteiger partial charge is 0.319 e. The Morgan fingerprint density at radius 2 is 2.32 bits per heavy atom. The summed E-state index contributed by atoms with van der Waals surface area (Å²) in [6.07, 6.45) is 4.59. The molecule has 0 bridgehead atoms. The van der Waals surface area contributed by atoms with E-state index < -0.39 is 11.8 Å². The van der Waals surface area contributed by atoms with Crippen molar-refractivity contribution in [1.29, 1.82) is 0 Å². The van der Waals surface area contributed by atoms with E-state index in [0.29, 0.717) is 24.2 Å². The SMILES string of the molecule is CC(CCCO)NC(=O)Nc1cc(F)ccc1-n1cccn1. The lowest BCUT2D eigenvalue weighted by molar-refractivity contribution is 0.245. The van der Waals surface area contributed by atoms with Crippen LogP contribution in [-0.4, -0.2) is 33.6 Å². The Labute approximate surface area is 128 Å². The number of carbonyl (C=O) groups excluding carboxylic acids is 1. The van der Waals surface area contributed by atoms with Crippen LogP contribution in [0.5, 0.6) is 0 Å². The van der Waals surface area contributed by atoms with Gasteiger partial charge in [0.15, 0.2) is 0 Å². The lowest BCUT2D eigenvalue weighted by atomic mass is 10.2. The molecule has 2 rings (SSSR count). The van der Waals surface area contributed by atoms with E-state index in [9.17, 15) is 9.18 Å². The zero-order valence-electron chi connectivity index (χ0n) is 12.3. The standard InChI is InChI=1S/C15H19FN4O2/c1-11(4-2-9-21)18-15(22)19-13-10-12(16)5-6-14(13)20-8-3-7-17-20/h3,5-8,10-11,21H,2,4,9H2,1H3,(H2,18,19,22). The van der Waals surface area contributed by atoms with Crippen LogP contribution in [0.1, 0.15) is 19.8 Å². The van der Waals surface area contributed by atoms with Crippen LogP contribution in [0.15, 0.2) is 36.7 Å². The van der Waals surface area contributed by atoms with Gasteiger partial charge in [0.1, 0.15) is 5.82 Å². The van der Waals surface area contributed by atoms with Gasteiger partial charge in [0.05, 0.1) is 11.4 Å². The molecule has 1 aromatic carbocycles. The van der Waals surface area contributed by atoms with E-state index in [2.05, 4.69) is 15.7 Å². The Morgan fingerprint density at radius 3 is 3.00 bits per heavy atom. The van der Waals surface area contributed by atoms with Gasteiger partial charge in [-0.2, -0.15) is 5.10 Å². The number of carbonyl (C=O) groups is 1. The fourth-order valence-corrected chi connectivity index (χ4v) is 2.07. The van der Waals surface area contributed by atoms with Crippen molar-refractivity contribution >= 4 is 11.7 Å². The van der Waals surface area contributed by atoms with Gasteiger partial charge in [-0.05, 0) is 44.0 Å². The minimum Gasteiger partial charge on any atom is -0.396 e. The van der Waals surface area contributed by atoms with Crippen LogP contribution in [-0.2, 0) is 0 Å². The summed E-state index contributed by atoms with van der Waals surface area (Å²) in [5.74, 6) is -0.445. The summed E-state index contributed by atoms with van der Waals surface area (Å²) in [6, 6.07) is 5.33. The molecule has 0 aliphatic heterocycles. The third-order valence-electron chi connectivity index (χ3n) is 3.13. The third kappa shape index (κ3) is 4.29. The molecule has 0 saturated carbocycles. The van der Waals surface area contributed by atoms with E-state index in [1.54, 1.807) is 29.2 Å². The molecule has 1 unspecified atom stereocenters. The average Bonchev–Trinajstić information content (AvgIpc) is 2.99. The van der Waals surface area contributed by atoms with Crippen LogP contribution in [0.25, 0.3) is 5.69 Å². The number of aliphatic hydroxyl groups excluding tert-OH is 1. The molecule has 22 heavy (non-hydrogen) atoms. The first kappa shape index (κ1) is 16.0. The van der Waals surface area contributed by atoms with E-state index in [4.69, 9.17) is 5.11 Å². The molecule has 0 fully saturated rings. The Hall–Kier alpha value is -2.41. The maximum absolute atomic E-state index is 13.4. The molecule has 2 amide bonds. The van der Waals surface area contributed by atoms with Crippen LogP contribution >= 0.6 is 0 Å². The summed E-state index contributed by atoms with van der Waals surface area (Å²) >= 11 is 0. The number of nitrogens with zero attached hydrogens (tertiary/aromatic N) is 2. The number of aliphatic hydroxyl groups is 1. The lowest BCUT2D eigenvalue weighted by Crippen LogP contribution is -2.36. The van der Waals surface area contributed by atoms with Crippen LogP contribution in [0.3, 0.4) is 0 Å². The van der Waals surface area contributed by atoms with Crippen LogP contribution in [0.2, 0.25) is 0 Å². The zero-order valence-corrected chi connectivity index (χ0v) is 12.3. The molecule has 0 aliphatic carbocycles. The summed E-state index contributed by atoms with van der Waals surface area (Å²) < 4.78 is 15.0. The first-order chi connectivity index (χ1) is 10.6. The van der Waals surface area contributed by atoms with Gasteiger partial charge >= 0.3 is 6.03 Å². The molecule has 118 valence electrons. The molecule has 1 heterocycles. The van der Waals surface area contributed by atoms with Crippen molar-refractivity contribution in [2.24, 2.45) is 0 Å². The number of anilines is 1. The average molecular weight is 306 g/mol. The highest BCUT2D eigenvalue weighted by atomic mass is 19.1. The highest BCUT2D eigenvalue weighted by Crippen LogP contribution is 2.20. The molecule has 6 nitrogen and oxygen atoms in total. The molecule has 0 radical (unpaired) electrons. The van der Waals surface area contributed by atoms with Crippen molar-refractivity contribution in [3.63, 3.8) is 0 Å². The highest BCUT2D eigenvalue weighted by molar-refractivity contribution is 5.91. The predicted octanol–water partition coefficient (Wildman–Crippen LogP) is 2.29. The lowest BCUT2D eigenvalue weighted by Gasteiger charge is -2.16. The number of aromatic nitrogens is 2. The molecule has 0 spiro atoms. The quantitative estimate of drug-likeness (QED) is 0.766. The molecule has 1 atom stereocenters. The summed E-state index contributed by atoms with van der Waals surface area (Å²) in [7, 11) is 0. The number of rotatable bonds is 6. The van der Waals surface area contributed by atoms with Crippen molar-refractivity contribution in [1.82, 2.24) is 15.1 Å². The fourth-order valence-electron chi connectivity index (χ4n) is 2.07. The molecule has 0 aliphatic rings. The van der Waals surface area contributed by atoms with Gasteiger partial charge < -0.3 is 15.7 Å². The Balaban J connectivity index is 2.08. The topological polar surface area (TPSA) is 79.2 Å². The summed E-state index contributed by atoms with van der Waals surface area (Å²) in [6.45, 7) is 1.93. The van der Waals surface area contributed by atoms with Crippen molar-refractivity contribution in [2.75, 3.05) is 11.9 Å². The molecule has 0 saturated heterocycles. The number of urea groups is 1. The highest BCUT2D eigenvalue weighted by Gasteiger charge is 2.12. The number of hydrogen-bond donors (Lipinski definition) is 3. The van der Waals surface area contributed by atoms with E-state index in [1.807, 2.05) is 6.92 Å².